The summed E-state index contributed by atoms with van der Waals surface area (Å²) in [5.74, 6) is 0.544. The zero-order valence-corrected chi connectivity index (χ0v) is 14.5. The molecule has 0 heterocycles. The molecule has 23 heavy (non-hydrogen) atoms. The maximum Gasteiger partial charge on any atom is 0.271 e. The van der Waals surface area contributed by atoms with Gasteiger partial charge in [0.1, 0.15) is 0 Å². The highest BCUT2D eigenvalue weighted by Crippen LogP contribution is 2.63. The third-order valence-corrected chi connectivity index (χ3v) is 6.33. The quantitative estimate of drug-likeness (QED) is 0.860. The van der Waals surface area contributed by atoms with Gasteiger partial charge in [-0.25, -0.2) is 5.43 Å². The number of fused-ring (bicyclic) bond motifs is 2. The van der Waals surface area contributed by atoms with Gasteiger partial charge in [-0.15, -0.1) is 0 Å². The zero-order chi connectivity index (χ0) is 16.7. The van der Waals surface area contributed by atoms with Crippen LogP contribution < -0.4 is 5.43 Å². The van der Waals surface area contributed by atoms with Gasteiger partial charge in [0.2, 0.25) is 0 Å². The normalized spacial score (nSPS) is 29.9. The first-order chi connectivity index (χ1) is 10.9. The van der Waals surface area contributed by atoms with Crippen LogP contribution in [-0.4, -0.2) is 18.7 Å². The van der Waals surface area contributed by atoms with Crippen LogP contribution in [0.25, 0.3) is 0 Å². The molecular weight excluding hydrogens is 288 g/mol. The average Bonchev–Trinajstić information content (AvgIpc) is 2.86. The summed E-state index contributed by atoms with van der Waals surface area (Å²) >= 11 is 0. The van der Waals surface area contributed by atoms with E-state index >= 15 is 0 Å². The van der Waals surface area contributed by atoms with E-state index in [1.807, 2.05) is 24.3 Å². The summed E-state index contributed by atoms with van der Waals surface area (Å²) in [7, 11) is 1.66. The van der Waals surface area contributed by atoms with E-state index in [-0.39, 0.29) is 16.7 Å². The standard InChI is InChI=1S/C19H26N2O2/c1-18(2)15-9-10-19(18,3)16(11-15)20-21-17(22)14-7-5-13(6-8-14)12-23-4/h5-8,15H,9-12H2,1-4H3,(H,21,22)/b20-16-/t15-,19-/m1/s1. The van der Waals surface area contributed by atoms with E-state index in [2.05, 4.69) is 31.3 Å². The molecule has 1 amide bonds. The van der Waals surface area contributed by atoms with Crippen molar-refractivity contribution in [1.29, 1.82) is 0 Å². The lowest BCUT2D eigenvalue weighted by molar-refractivity contribution is 0.0953. The molecule has 4 nitrogen and oxygen atoms in total. The molecule has 1 aromatic rings. The maximum atomic E-state index is 12.3. The number of hydrogen-bond donors (Lipinski definition) is 1. The topological polar surface area (TPSA) is 50.7 Å². The van der Waals surface area contributed by atoms with Gasteiger partial charge in [0, 0.05) is 23.8 Å². The summed E-state index contributed by atoms with van der Waals surface area (Å²) in [5.41, 5.74) is 5.99. The van der Waals surface area contributed by atoms with Crippen molar-refractivity contribution in [1.82, 2.24) is 5.43 Å². The molecule has 2 aliphatic rings. The van der Waals surface area contributed by atoms with Crippen LogP contribution in [0, 0.1) is 16.7 Å². The molecule has 0 aromatic heterocycles. The van der Waals surface area contributed by atoms with Crippen LogP contribution in [0.5, 0.6) is 0 Å². The van der Waals surface area contributed by atoms with Crippen molar-refractivity contribution >= 4 is 11.6 Å². The predicted molar refractivity (Wildman–Crippen MR) is 91.3 cm³/mol. The van der Waals surface area contributed by atoms with E-state index in [4.69, 9.17) is 4.74 Å². The number of benzene rings is 1. The smallest absolute Gasteiger partial charge is 0.271 e. The first kappa shape index (κ1) is 16.2. The molecule has 0 spiro atoms. The number of carbonyl (C=O) groups is 1. The van der Waals surface area contributed by atoms with Crippen LogP contribution in [0.15, 0.2) is 29.4 Å². The fourth-order valence-corrected chi connectivity index (χ4v) is 4.20. The Balaban J connectivity index is 1.70. The third-order valence-electron chi connectivity index (χ3n) is 6.33. The Bertz CT molecular complexity index is 633. The Hall–Kier alpha value is -1.68. The highest BCUT2D eigenvalue weighted by Gasteiger charge is 2.59. The summed E-state index contributed by atoms with van der Waals surface area (Å²) < 4.78 is 5.08. The molecule has 2 aliphatic carbocycles. The molecule has 0 aliphatic heterocycles. The monoisotopic (exact) mass is 314 g/mol. The van der Waals surface area contributed by atoms with Gasteiger partial charge in [0.15, 0.2) is 0 Å². The molecule has 2 fully saturated rings. The highest BCUT2D eigenvalue weighted by atomic mass is 16.5. The number of rotatable bonds is 4. The lowest BCUT2D eigenvalue weighted by Gasteiger charge is -2.34. The van der Waals surface area contributed by atoms with E-state index in [0.29, 0.717) is 18.1 Å². The lowest BCUT2D eigenvalue weighted by atomic mass is 9.70. The minimum absolute atomic E-state index is 0.118. The van der Waals surface area contributed by atoms with Crippen molar-refractivity contribution in [2.45, 2.75) is 46.6 Å². The van der Waals surface area contributed by atoms with Gasteiger partial charge < -0.3 is 4.74 Å². The summed E-state index contributed by atoms with van der Waals surface area (Å²) in [5, 5.41) is 4.50. The molecule has 0 saturated heterocycles. The van der Waals surface area contributed by atoms with Crippen molar-refractivity contribution in [3.05, 3.63) is 35.4 Å². The lowest BCUT2D eigenvalue weighted by Crippen LogP contribution is -2.34. The van der Waals surface area contributed by atoms with E-state index in [9.17, 15) is 4.79 Å². The summed E-state index contributed by atoms with van der Waals surface area (Å²) in [6.07, 6.45) is 3.46. The minimum Gasteiger partial charge on any atom is -0.380 e. The number of carbonyl (C=O) groups excluding carboxylic acids is 1. The molecular formula is C19H26N2O2. The number of amides is 1. The molecule has 2 saturated carbocycles. The van der Waals surface area contributed by atoms with Gasteiger partial charge in [0.05, 0.1) is 6.61 Å². The molecule has 2 atom stereocenters. The molecule has 1 N–H and O–H groups in total. The average molecular weight is 314 g/mol. The van der Waals surface area contributed by atoms with Crippen LogP contribution in [0.1, 0.15) is 56.0 Å². The van der Waals surface area contributed by atoms with Gasteiger partial charge in [-0.2, -0.15) is 5.10 Å². The molecule has 3 rings (SSSR count). The summed E-state index contributed by atoms with van der Waals surface area (Å²) in [4.78, 5) is 12.3. The van der Waals surface area contributed by atoms with Gasteiger partial charge in [-0.3, -0.25) is 4.79 Å². The largest absolute Gasteiger partial charge is 0.380 e. The van der Waals surface area contributed by atoms with Gasteiger partial charge in [-0.1, -0.05) is 32.9 Å². The molecule has 0 unspecified atom stereocenters. The summed E-state index contributed by atoms with van der Waals surface area (Å²) in [6, 6.07) is 7.45. The van der Waals surface area contributed by atoms with Gasteiger partial charge >= 0.3 is 0 Å². The Morgan fingerprint density at radius 2 is 2.00 bits per heavy atom. The second-order valence-corrected chi connectivity index (χ2v) is 7.62. The van der Waals surface area contributed by atoms with Crippen molar-refractivity contribution in [3.63, 3.8) is 0 Å². The van der Waals surface area contributed by atoms with Crippen LogP contribution in [0.2, 0.25) is 0 Å². The first-order valence-electron chi connectivity index (χ1n) is 8.34. The van der Waals surface area contributed by atoms with E-state index in [1.54, 1.807) is 7.11 Å². The van der Waals surface area contributed by atoms with Crippen molar-refractivity contribution in [3.8, 4) is 0 Å². The number of nitrogens with one attached hydrogen (secondary N) is 1. The van der Waals surface area contributed by atoms with Gasteiger partial charge in [-0.05, 0) is 48.3 Å². The van der Waals surface area contributed by atoms with Gasteiger partial charge in [0.25, 0.3) is 5.91 Å². The van der Waals surface area contributed by atoms with Crippen LogP contribution in [-0.2, 0) is 11.3 Å². The van der Waals surface area contributed by atoms with Crippen LogP contribution in [0.3, 0.4) is 0 Å². The number of hydrazone groups is 1. The third kappa shape index (κ3) is 2.59. The number of nitrogens with zero attached hydrogens (tertiary/aromatic N) is 1. The Labute approximate surface area is 138 Å². The SMILES string of the molecule is COCc1ccc(C(=O)N/N=C2/C[C@H]3CC[C@@]2(C)C3(C)C)cc1. The fourth-order valence-electron chi connectivity index (χ4n) is 4.20. The first-order valence-corrected chi connectivity index (χ1v) is 8.34. The van der Waals surface area contributed by atoms with E-state index in [1.165, 1.54) is 12.8 Å². The Morgan fingerprint density at radius 1 is 1.30 bits per heavy atom. The van der Waals surface area contributed by atoms with Crippen LogP contribution in [0.4, 0.5) is 0 Å². The zero-order valence-electron chi connectivity index (χ0n) is 14.5. The molecule has 124 valence electrons. The fraction of sp³-hybridized carbons (Fsp3) is 0.579. The predicted octanol–water partition coefficient (Wildman–Crippen LogP) is 3.77. The van der Waals surface area contributed by atoms with E-state index < -0.39 is 0 Å². The van der Waals surface area contributed by atoms with Crippen molar-refractivity contribution in [2.24, 2.45) is 21.8 Å². The van der Waals surface area contributed by atoms with Crippen molar-refractivity contribution in [2.75, 3.05) is 7.11 Å². The Kier molecular flexibility index (Phi) is 4.05. The number of hydrogen-bond acceptors (Lipinski definition) is 3. The van der Waals surface area contributed by atoms with E-state index in [0.717, 1.165) is 17.7 Å². The highest BCUT2D eigenvalue weighted by molar-refractivity contribution is 5.98. The number of methoxy groups -OCH3 is 1. The second kappa shape index (κ2) is 5.75. The number of ether oxygens (including phenoxy) is 1. The minimum atomic E-state index is -0.148. The maximum absolute atomic E-state index is 12.3. The molecule has 2 bridgehead atoms. The molecule has 4 heteroatoms. The summed E-state index contributed by atoms with van der Waals surface area (Å²) in [6.45, 7) is 7.52. The second-order valence-electron chi connectivity index (χ2n) is 7.62. The molecule has 0 radical (unpaired) electrons. The Morgan fingerprint density at radius 3 is 2.52 bits per heavy atom. The molecule has 1 aromatic carbocycles. The van der Waals surface area contributed by atoms with Crippen LogP contribution >= 0.6 is 0 Å². The van der Waals surface area contributed by atoms with Crippen molar-refractivity contribution < 1.29 is 9.53 Å².